The second-order valence-electron chi connectivity index (χ2n) is 6.24. The van der Waals surface area contributed by atoms with Crippen molar-refractivity contribution in [3.63, 3.8) is 0 Å². The van der Waals surface area contributed by atoms with Crippen LogP contribution < -0.4 is 14.2 Å². The average molecular weight is 338 g/mol. The normalized spacial score (nSPS) is 21.1. The van der Waals surface area contributed by atoms with E-state index in [0.29, 0.717) is 0 Å². The molecule has 0 fully saturated rings. The van der Waals surface area contributed by atoms with Gasteiger partial charge in [-0.05, 0) is 18.2 Å². The Morgan fingerprint density at radius 2 is 2.00 bits per heavy atom. The quantitative estimate of drug-likeness (QED) is 0.846. The first-order valence-corrected chi connectivity index (χ1v) is 8.59. The van der Waals surface area contributed by atoms with Gasteiger partial charge < -0.3 is 14.2 Å². The molecule has 130 valence electrons. The third-order valence-corrected chi connectivity index (χ3v) is 4.83. The van der Waals surface area contributed by atoms with Gasteiger partial charge in [0.25, 0.3) is 0 Å². The van der Waals surface area contributed by atoms with Crippen LogP contribution in [0.3, 0.4) is 0 Å². The molecule has 2 unspecified atom stereocenters. The van der Waals surface area contributed by atoms with Crippen LogP contribution in [0.4, 0.5) is 0 Å². The van der Waals surface area contributed by atoms with Gasteiger partial charge in [-0.1, -0.05) is 31.2 Å². The molecule has 2 atom stereocenters. The molecule has 5 nitrogen and oxygen atoms in total. The van der Waals surface area contributed by atoms with E-state index in [4.69, 9.17) is 19.3 Å². The maximum absolute atomic E-state index is 6.22. The Kier molecular flexibility index (Phi) is 3.99. The van der Waals surface area contributed by atoms with E-state index in [-0.39, 0.29) is 12.3 Å². The monoisotopic (exact) mass is 338 g/mol. The third-order valence-electron chi connectivity index (χ3n) is 4.83. The van der Waals surface area contributed by atoms with Crippen molar-refractivity contribution in [1.82, 2.24) is 5.01 Å². The average Bonchev–Trinajstić information content (AvgIpc) is 3.12. The molecule has 25 heavy (non-hydrogen) atoms. The van der Waals surface area contributed by atoms with Crippen LogP contribution >= 0.6 is 0 Å². The smallest absolute Gasteiger partial charge is 0.187 e. The molecular weight excluding hydrogens is 316 g/mol. The molecule has 0 N–H and O–H groups in total. The molecule has 0 saturated carbocycles. The maximum atomic E-state index is 6.22. The molecule has 0 saturated heterocycles. The van der Waals surface area contributed by atoms with Gasteiger partial charge in [-0.15, -0.1) is 0 Å². The van der Waals surface area contributed by atoms with Crippen LogP contribution in [-0.4, -0.2) is 31.2 Å². The Labute approximate surface area is 147 Å². The van der Waals surface area contributed by atoms with Crippen LogP contribution in [0.25, 0.3) is 0 Å². The summed E-state index contributed by atoms with van der Waals surface area (Å²) in [6, 6.07) is 14.3. The van der Waals surface area contributed by atoms with Gasteiger partial charge in [0.15, 0.2) is 17.7 Å². The van der Waals surface area contributed by atoms with Crippen molar-refractivity contribution < 1.29 is 14.2 Å². The third kappa shape index (κ3) is 2.60. The number of methoxy groups -OCH3 is 2. The highest BCUT2D eigenvalue weighted by Gasteiger charge is 2.40. The molecule has 4 rings (SSSR count). The molecule has 0 aliphatic carbocycles. The van der Waals surface area contributed by atoms with Crippen molar-refractivity contribution in [1.29, 1.82) is 0 Å². The highest BCUT2D eigenvalue weighted by atomic mass is 16.5. The summed E-state index contributed by atoms with van der Waals surface area (Å²) in [5, 5.41) is 6.98. The van der Waals surface area contributed by atoms with Gasteiger partial charge in [-0.25, -0.2) is 0 Å². The lowest BCUT2D eigenvalue weighted by molar-refractivity contribution is -0.0206. The highest BCUT2D eigenvalue weighted by molar-refractivity contribution is 6.02. The molecule has 5 heteroatoms. The summed E-state index contributed by atoms with van der Waals surface area (Å²) in [6.45, 7) is 2.11. The molecule has 2 aromatic carbocycles. The lowest BCUT2D eigenvalue weighted by Crippen LogP contribution is -2.39. The molecule has 0 aromatic heterocycles. The highest BCUT2D eigenvalue weighted by Crippen LogP contribution is 2.47. The van der Waals surface area contributed by atoms with Crippen LogP contribution in [0.1, 0.15) is 36.9 Å². The summed E-state index contributed by atoms with van der Waals surface area (Å²) >= 11 is 0. The molecular formula is C20H22N2O3. The number of rotatable bonds is 4. The first-order chi connectivity index (χ1) is 12.2. The Morgan fingerprint density at radius 1 is 1.16 bits per heavy atom. The first kappa shape index (κ1) is 15.8. The zero-order chi connectivity index (χ0) is 17.4. The van der Waals surface area contributed by atoms with E-state index in [0.717, 1.165) is 46.9 Å². The van der Waals surface area contributed by atoms with Gasteiger partial charge >= 0.3 is 0 Å². The Bertz CT molecular complexity index is 818. The predicted octanol–water partition coefficient (Wildman–Crippen LogP) is 3.98. The number of hydrazone groups is 1. The lowest BCUT2D eigenvalue weighted by atomic mass is 9.96. The van der Waals surface area contributed by atoms with E-state index < -0.39 is 0 Å². The number of benzene rings is 2. The number of nitrogens with zero attached hydrogens (tertiary/aromatic N) is 2. The zero-order valence-electron chi connectivity index (χ0n) is 14.7. The zero-order valence-corrected chi connectivity index (χ0v) is 14.7. The standard InChI is InChI=1S/C20H22N2O3/c1-4-19-22-17(15-9-6-10-18(24-3)20(15)25-19)12-16(21-22)13-7-5-8-14(11-13)23-2/h5-11,17,19H,4,12H2,1-3H3. The Balaban J connectivity index is 1.73. The van der Waals surface area contributed by atoms with E-state index >= 15 is 0 Å². The minimum atomic E-state index is -0.0862. The Hall–Kier alpha value is -2.69. The van der Waals surface area contributed by atoms with Crippen LogP contribution in [0.2, 0.25) is 0 Å². The molecule has 2 aliphatic rings. The van der Waals surface area contributed by atoms with Crippen molar-refractivity contribution in [3.8, 4) is 17.2 Å². The summed E-state index contributed by atoms with van der Waals surface area (Å²) in [5.41, 5.74) is 3.28. The summed E-state index contributed by atoms with van der Waals surface area (Å²) in [4.78, 5) is 0. The van der Waals surface area contributed by atoms with E-state index in [2.05, 4.69) is 24.1 Å². The van der Waals surface area contributed by atoms with Crippen molar-refractivity contribution >= 4 is 5.71 Å². The summed E-state index contributed by atoms with van der Waals surface area (Å²) in [5.74, 6) is 2.47. The SMILES string of the molecule is CCC1Oc2c(OC)cccc2C2CC(c3cccc(OC)c3)=NN12. The van der Waals surface area contributed by atoms with Crippen LogP contribution in [0.15, 0.2) is 47.6 Å². The lowest BCUT2D eigenvalue weighted by Gasteiger charge is -2.38. The summed E-state index contributed by atoms with van der Waals surface area (Å²) < 4.78 is 17.1. The molecule has 2 aliphatic heterocycles. The Morgan fingerprint density at radius 3 is 2.76 bits per heavy atom. The van der Waals surface area contributed by atoms with Crippen molar-refractivity contribution in [2.75, 3.05) is 14.2 Å². The van der Waals surface area contributed by atoms with Crippen molar-refractivity contribution in [3.05, 3.63) is 53.6 Å². The molecule has 0 radical (unpaired) electrons. The minimum Gasteiger partial charge on any atom is -0.497 e. The minimum absolute atomic E-state index is 0.0862. The van der Waals surface area contributed by atoms with Crippen LogP contribution in [0.5, 0.6) is 17.2 Å². The molecule has 0 bridgehead atoms. The van der Waals surface area contributed by atoms with Crippen molar-refractivity contribution in [2.24, 2.45) is 5.10 Å². The number of fused-ring (bicyclic) bond motifs is 3. The summed E-state index contributed by atoms with van der Waals surface area (Å²) in [6.07, 6.45) is 1.60. The number of hydrogen-bond acceptors (Lipinski definition) is 5. The van der Waals surface area contributed by atoms with Crippen LogP contribution in [-0.2, 0) is 0 Å². The fourth-order valence-electron chi connectivity index (χ4n) is 3.56. The second-order valence-corrected chi connectivity index (χ2v) is 6.24. The molecule has 0 spiro atoms. The van der Waals surface area contributed by atoms with Crippen LogP contribution in [0, 0.1) is 0 Å². The van der Waals surface area contributed by atoms with E-state index in [1.54, 1.807) is 14.2 Å². The van der Waals surface area contributed by atoms with E-state index in [1.807, 2.05) is 30.3 Å². The molecule has 2 aromatic rings. The topological polar surface area (TPSA) is 43.3 Å². The number of para-hydroxylation sites is 1. The predicted molar refractivity (Wildman–Crippen MR) is 96.4 cm³/mol. The fourth-order valence-corrected chi connectivity index (χ4v) is 3.56. The molecule has 0 amide bonds. The van der Waals surface area contributed by atoms with Gasteiger partial charge in [0.05, 0.1) is 26.0 Å². The van der Waals surface area contributed by atoms with Gasteiger partial charge in [0, 0.05) is 24.0 Å². The van der Waals surface area contributed by atoms with Crippen molar-refractivity contribution in [2.45, 2.75) is 32.0 Å². The first-order valence-electron chi connectivity index (χ1n) is 8.59. The number of ether oxygens (including phenoxy) is 3. The summed E-state index contributed by atoms with van der Waals surface area (Å²) in [7, 11) is 3.36. The number of hydrogen-bond donors (Lipinski definition) is 0. The van der Waals surface area contributed by atoms with Gasteiger partial charge in [-0.3, -0.25) is 5.01 Å². The van der Waals surface area contributed by atoms with Gasteiger partial charge in [0.2, 0.25) is 0 Å². The van der Waals surface area contributed by atoms with Gasteiger partial charge in [0.1, 0.15) is 5.75 Å². The second kappa shape index (κ2) is 6.31. The largest absolute Gasteiger partial charge is 0.497 e. The van der Waals surface area contributed by atoms with Gasteiger partial charge in [-0.2, -0.15) is 5.10 Å². The van der Waals surface area contributed by atoms with E-state index in [1.165, 1.54) is 0 Å². The fraction of sp³-hybridized carbons (Fsp3) is 0.350. The maximum Gasteiger partial charge on any atom is 0.187 e. The van der Waals surface area contributed by atoms with E-state index in [9.17, 15) is 0 Å². The molecule has 2 heterocycles.